The highest BCUT2D eigenvalue weighted by molar-refractivity contribution is 6.31. The van der Waals surface area contributed by atoms with Gasteiger partial charge >= 0.3 is 0 Å². The van der Waals surface area contributed by atoms with Gasteiger partial charge in [0.1, 0.15) is 6.33 Å². The maximum absolute atomic E-state index is 5.96. The Labute approximate surface area is 117 Å². The summed E-state index contributed by atoms with van der Waals surface area (Å²) >= 11 is 5.96. The van der Waals surface area contributed by atoms with E-state index >= 15 is 0 Å². The zero-order chi connectivity index (χ0) is 13.8. The molecule has 0 bridgehead atoms. The van der Waals surface area contributed by atoms with Crippen molar-refractivity contribution in [2.24, 2.45) is 0 Å². The van der Waals surface area contributed by atoms with Gasteiger partial charge in [0.25, 0.3) is 0 Å². The van der Waals surface area contributed by atoms with Crippen LogP contribution in [0.3, 0.4) is 0 Å². The van der Waals surface area contributed by atoms with E-state index in [1.54, 1.807) is 7.11 Å². The van der Waals surface area contributed by atoms with Crippen molar-refractivity contribution in [1.29, 1.82) is 0 Å². The SMILES string of the molecule is CCc1cc(Nc2ncnc(Cl)c2OC)ccc1C. The monoisotopic (exact) mass is 277 g/mol. The lowest BCUT2D eigenvalue weighted by Crippen LogP contribution is -2.00. The summed E-state index contributed by atoms with van der Waals surface area (Å²) in [7, 11) is 1.54. The number of halogens is 1. The highest BCUT2D eigenvalue weighted by atomic mass is 35.5. The molecule has 100 valence electrons. The largest absolute Gasteiger partial charge is 0.490 e. The summed E-state index contributed by atoms with van der Waals surface area (Å²) in [5.41, 5.74) is 3.53. The van der Waals surface area contributed by atoms with Gasteiger partial charge in [-0.05, 0) is 36.6 Å². The number of rotatable bonds is 4. The molecular formula is C14H16ClN3O. The highest BCUT2D eigenvalue weighted by Crippen LogP contribution is 2.31. The van der Waals surface area contributed by atoms with Crippen molar-refractivity contribution < 1.29 is 4.74 Å². The van der Waals surface area contributed by atoms with Gasteiger partial charge in [-0.2, -0.15) is 0 Å². The molecule has 1 aromatic heterocycles. The molecule has 0 aliphatic rings. The van der Waals surface area contributed by atoms with Gasteiger partial charge in [-0.15, -0.1) is 0 Å². The Morgan fingerprint density at radius 3 is 2.79 bits per heavy atom. The summed E-state index contributed by atoms with van der Waals surface area (Å²) in [5.74, 6) is 1.01. The standard InChI is InChI=1S/C14H16ClN3O/c1-4-10-7-11(6-5-9(10)2)18-14-12(19-3)13(15)16-8-17-14/h5-8H,4H2,1-3H3,(H,16,17,18). The summed E-state index contributed by atoms with van der Waals surface area (Å²) in [6.45, 7) is 4.24. The fourth-order valence-electron chi connectivity index (χ4n) is 1.89. The first-order valence-corrected chi connectivity index (χ1v) is 6.44. The predicted octanol–water partition coefficient (Wildman–Crippen LogP) is 3.75. The topological polar surface area (TPSA) is 47.0 Å². The van der Waals surface area contributed by atoms with E-state index in [2.05, 4.69) is 41.3 Å². The average molecular weight is 278 g/mol. The molecule has 2 rings (SSSR count). The molecule has 0 radical (unpaired) electrons. The Morgan fingerprint density at radius 2 is 2.11 bits per heavy atom. The first kappa shape index (κ1) is 13.6. The van der Waals surface area contributed by atoms with Crippen molar-refractivity contribution in [3.8, 4) is 5.75 Å². The molecule has 0 saturated carbocycles. The second kappa shape index (κ2) is 5.89. The Kier molecular flexibility index (Phi) is 4.22. The summed E-state index contributed by atoms with van der Waals surface area (Å²) in [6, 6.07) is 6.19. The van der Waals surface area contributed by atoms with Crippen molar-refractivity contribution in [2.45, 2.75) is 20.3 Å². The zero-order valence-corrected chi connectivity index (χ0v) is 12.0. The van der Waals surface area contributed by atoms with Gasteiger partial charge in [0.2, 0.25) is 0 Å². The molecule has 0 saturated heterocycles. The van der Waals surface area contributed by atoms with Crippen LogP contribution >= 0.6 is 11.6 Å². The van der Waals surface area contributed by atoms with E-state index in [1.807, 2.05) is 6.07 Å². The molecule has 0 aliphatic carbocycles. The number of anilines is 2. The molecule has 0 atom stereocenters. The van der Waals surface area contributed by atoms with Gasteiger partial charge in [-0.25, -0.2) is 9.97 Å². The molecule has 0 spiro atoms. The van der Waals surface area contributed by atoms with Gasteiger partial charge < -0.3 is 10.1 Å². The highest BCUT2D eigenvalue weighted by Gasteiger charge is 2.10. The van der Waals surface area contributed by atoms with Crippen LogP contribution in [0.1, 0.15) is 18.1 Å². The van der Waals surface area contributed by atoms with Crippen LogP contribution in [0.5, 0.6) is 5.75 Å². The molecule has 1 heterocycles. The smallest absolute Gasteiger partial charge is 0.199 e. The van der Waals surface area contributed by atoms with E-state index in [4.69, 9.17) is 16.3 Å². The third-order valence-corrected chi connectivity index (χ3v) is 3.23. The average Bonchev–Trinajstić information content (AvgIpc) is 2.41. The third-order valence-electron chi connectivity index (χ3n) is 2.96. The minimum atomic E-state index is 0.294. The van der Waals surface area contributed by atoms with Crippen LogP contribution in [0.25, 0.3) is 0 Å². The fourth-order valence-corrected chi connectivity index (χ4v) is 2.10. The summed E-state index contributed by atoms with van der Waals surface area (Å²) in [5, 5.41) is 3.50. The van der Waals surface area contributed by atoms with E-state index in [-0.39, 0.29) is 0 Å². The van der Waals surface area contributed by atoms with Crippen molar-refractivity contribution in [3.05, 3.63) is 40.8 Å². The Morgan fingerprint density at radius 1 is 1.32 bits per heavy atom. The molecule has 5 heteroatoms. The van der Waals surface area contributed by atoms with Gasteiger partial charge in [-0.1, -0.05) is 24.6 Å². The summed E-state index contributed by atoms with van der Waals surface area (Å²) in [4.78, 5) is 8.04. The number of ether oxygens (including phenoxy) is 1. The second-order valence-corrected chi connectivity index (χ2v) is 4.52. The summed E-state index contributed by atoms with van der Waals surface area (Å²) in [6.07, 6.45) is 2.39. The van der Waals surface area contributed by atoms with Crippen molar-refractivity contribution in [1.82, 2.24) is 9.97 Å². The number of aromatic nitrogens is 2. The normalized spacial score (nSPS) is 10.3. The van der Waals surface area contributed by atoms with E-state index in [0.29, 0.717) is 16.7 Å². The third kappa shape index (κ3) is 2.96. The van der Waals surface area contributed by atoms with Crippen molar-refractivity contribution >= 4 is 23.1 Å². The van der Waals surface area contributed by atoms with Crippen LogP contribution in [0.2, 0.25) is 5.15 Å². The molecule has 0 amide bonds. The Hall–Kier alpha value is -1.81. The first-order chi connectivity index (χ1) is 9.15. The van der Waals surface area contributed by atoms with Crippen LogP contribution < -0.4 is 10.1 Å². The van der Waals surface area contributed by atoms with Crippen molar-refractivity contribution in [3.63, 3.8) is 0 Å². The van der Waals surface area contributed by atoms with Gasteiger partial charge in [0.05, 0.1) is 7.11 Å². The molecule has 2 aromatic rings. The first-order valence-electron chi connectivity index (χ1n) is 6.06. The molecule has 19 heavy (non-hydrogen) atoms. The van der Waals surface area contributed by atoms with Crippen molar-refractivity contribution in [2.75, 3.05) is 12.4 Å². The van der Waals surface area contributed by atoms with E-state index in [1.165, 1.54) is 17.5 Å². The Bertz CT molecular complexity index is 587. The molecular weight excluding hydrogens is 262 g/mol. The van der Waals surface area contributed by atoms with Gasteiger partial charge in [0.15, 0.2) is 16.7 Å². The predicted molar refractivity (Wildman–Crippen MR) is 77.4 cm³/mol. The minimum absolute atomic E-state index is 0.294. The zero-order valence-electron chi connectivity index (χ0n) is 11.2. The lowest BCUT2D eigenvalue weighted by molar-refractivity contribution is 0.413. The Balaban J connectivity index is 2.33. The van der Waals surface area contributed by atoms with Crippen LogP contribution in [-0.2, 0) is 6.42 Å². The van der Waals surface area contributed by atoms with Gasteiger partial charge in [0, 0.05) is 5.69 Å². The number of methoxy groups -OCH3 is 1. The number of aryl methyl sites for hydroxylation is 2. The van der Waals surface area contributed by atoms with E-state index in [0.717, 1.165) is 12.1 Å². The number of benzene rings is 1. The lowest BCUT2D eigenvalue weighted by atomic mass is 10.1. The number of nitrogens with zero attached hydrogens (tertiary/aromatic N) is 2. The van der Waals surface area contributed by atoms with E-state index < -0.39 is 0 Å². The van der Waals surface area contributed by atoms with E-state index in [9.17, 15) is 0 Å². The second-order valence-electron chi connectivity index (χ2n) is 4.17. The van der Waals surface area contributed by atoms with Crippen LogP contribution in [0, 0.1) is 6.92 Å². The lowest BCUT2D eigenvalue weighted by Gasteiger charge is -2.12. The molecule has 1 aromatic carbocycles. The maximum Gasteiger partial charge on any atom is 0.199 e. The molecule has 0 fully saturated rings. The summed E-state index contributed by atoms with van der Waals surface area (Å²) < 4.78 is 5.21. The molecule has 4 nitrogen and oxygen atoms in total. The molecule has 1 N–H and O–H groups in total. The quantitative estimate of drug-likeness (QED) is 0.865. The maximum atomic E-state index is 5.96. The number of nitrogens with one attached hydrogen (secondary N) is 1. The van der Waals surface area contributed by atoms with Crippen LogP contribution in [-0.4, -0.2) is 17.1 Å². The fraction of sp³-hybridized carbons (Fsp3) is 0.286. The van der Waals surface area contributed by atoms with Gasteiger partial charge in [-0.3, -0.25) is 0 Å². The van der Waals surface area contributed by atoms with Crippen LogP contribution in [0.4, 0.5) is 11.5 Å². The molecule has 0 aliphatic heterocycles. The number of hydrogen-bond acceptors (Lipinski definition) is 4. The van der Waals surface area contributed by atoms with Crippen LogP contribution in [0.15, 0.2) is 24.5 Å². The molecule has 0 unspecified atom stereocenters. The minimum Gasteiger partial charge on any atom is -0.490 e. The number of hydrogen-bond donors (Lipinski definition) is 1.